The normalized spacial score (nSPS) is 10.8. The Balaban J connectivity index is 2.33. The van der Waals surface area contributed by atoms with Gasteiger partial charge in [-0.05, 0) is 19.1 Å². The van der Waals surface area contributed by atoms with Gasteiger partial charge in [0, 0.05) is 16.8 Å². The minimum Gasteiger partial charge on any atom is -0.305 e. The molecule has 0 radical (unpaired) electrons. The minimum absolute atomic E-state index is 0.568. The lowest BCUT2D eigenvalue weighted by atomic mass is 10.2. The van der Waals surface area contributed by atoms with Gasteiger partial charge < -0.3 is 5.32 Å². The summed E-state index contributed by atoms with van der Waals surface area (Å²) in [6.45, 7) is 6.44. The van der Waals surface area contributed by atoms with Gasteiger partial charge in [0.05, 0.1) is 0 Å². The van der Waals surface area contributed by atoms with Gasteiger partial charge >= 0.3 is 0 Å². The van der Waals surface area contributed by atoms with Crippen LogP contribution in [-0.4, -0.2) is 11.9 Å². The molecular weight excluding hydrogens is 178 g/mol. The largest absolute Gasteiger partial charge is 0.305 e. The third-order valence-electron chi connectivity index (χ3n) is 1.75. The Bertz CT molecular complexity index is 241. The van der Waals surface area contributed by atoms with Crippen LogP contribution >= 0.6 is 11.8 Å². The summed E-state index contributed by atoms with van der Waals surface area (Å²) in [6, 6.07) is 9.21. The molecule has 1 aromatic carbocycles. The van der Waals surface area contributed by atoms with Crippen LogP contribution in [0.25, 0.3) is 0 Å². The van der Waals surface area contributed by atoms with E-state index in [0.29, 0.717) is 6.04 Å². The van der Waals surface area contributed by atoms with Gasteiger partial charge in [0.25, 0.3) is 0 Å². The lowest BCUT2D eigenvalue weighted by Gasteiger charge is -2.07. The number of hydrogen-bond donors (Lipinski definition) is 1. The van der Waals surface area contributed by atoms with Crippen LogP contribution in [0.2, 0.25) is 0 Å². The summed E-state index contributed by atoms with van der Waals surface area (Å²) >= 11 is 1.85. The molecule has 0 aliphatic rings. The van der Waals surface area contributed by atoms with Crippen LogP contribution in [0.15, 0.2) is 29.2 Å². The molecule has 1 rings (SSSR count). The van der Waals surface area contributed by atoms with E-state index in [2.05, 4.69) is 50.4 Å². The van der Waals surface area contributed by atoms with E-state index >= 15 is 0 Å². The molecule has 0 saturated heterocycles. The molecule has 13 heavy (non-hydrogen) atoms. The zero-order chi connectivity index (χ0) is 9.68. The average Bonchev–Trinajstić information content (AvgIpc) is 2.08. The molecule has 0 aliphatic carbocycles. The molecule has 1 aromatic rings. The van der Waals surface area contributed by atoms with Crippen LogP contribution in [-0.2, 0) is 0 Å². The Kier molecular flexibility index (Phi) is 4.33. The van der Waals surface area contributed by atoms with Crippen LogP contribution < -0.4 is 5.32 Å². The zero-order valence-electron chi connectivity index (χ0n) is 8.50. The number of aryl methyl sites for hydroxylation is 1. The third kappa shape index (κ3) is 4.34. The SMILES string of the molecule is Cc1ccc(SCNC(C)C)cc1. The van der Waals surface area contributed by atoms with E-state index in [1.807, 2.05) is 11.8 Å². The van der Waals surface area contributed by atoms with E-state index in [1.54, 1.807) is 0 Å². The van der Waals surface area contributed by atoms with E-state index in [1.165, 1.54) is 10.5 Å². The summed E-state index contributed by atoms with van der Waals surface area (Å²) in [7, 11) is 0. The van der Waals surface area contributed by atoms with Crippen molar-refractivity contribution >= 4 is 11.8 Å². The molecule has 72 valence electrons. The van der Waals surface area contributed by atoms with Crippen LogP contribution in [0, 0.1) is 6.92 Å². The van der Waals surface area contributed by atoms with Crippen molar-refractivity contribution < 1.29 is 0 Å². The second-order valence-electron chi connectivity index (χ2n) is 3.46. The molecule has 0 aromatic heterocycles. The fourth-order valence-corrected chi connectivity index (χ4v) is 1.84. The molecule has 0 unspecified atom stereocenters. The molecule has 0 amide bonds. The smallest absolute Gasteiger partial charge is 0.0467 e. The maximum Gasteiger partial charge on any atom is 0.0467 e. The number of benzene rings is 1. The van der Waals surface area contributed by atoms with E-state index < -0.39 is 0 Å². The average molecular weight is 195 g/mol. The van der Waals surface area contributed by atoms with Gasteiger partial charge in [-0.1, -0.05) is 31.5 Å². The Morgan fingerprint density at radius 1 is 1.23 bits per heavy atom. The van der Waals surface area contributed by atoms with Gasteiger partial charge in [0.1, 0.15) is 0 Å². The van der Waals surface area contributed by atoms with Crippen LogP contribution in [0.3, 0.4) is 0 Å². The highest BCUT2D eigenvalue weighted by atomic mass is 32.2. The molecule has 2 heteroatoms. The van der Waals surface area contributed by atoms with E-state index in [4.69, 9.17) is 0 Å². The Hall–Kier alpha value is -0.470. The Morgan fingerprint density at radius 3 is 2.38 bits per heavy atom. The van der Waals surface area contributed by atoms with Gasteiger partial charge in [0.2, 0.25) is 0 Å². The molecular formula is C11H17NS. The van der Waals surface area contributed by atoms with Crippen molar-refractivity contribution in [1.29, 1.82) is 0 Å². The topological polar surface area (TPSA) is 12.0 Å². The van der Waals surface area contributed by atoms with Gasteiger partial charge in [-0.25, -0.2) is 0 Å². The van der Waals surface area contributed by atoms with Crippen LogP contribution in [0.5, 0.6) is 0 Å². The third-order valence-corrected chi connectivity index (χ3v) is 2.67. The summed E-state index contributed by atoms with van der Waals surface area (Å²) in [5, 5.41) is 3.37. The second kappa shape index (κ2) is 5.30. The number of thioether (sulfide) groups is 1. The van der Waals surface area contributed by atoms with Gasteiger partial charge in [-0.3, -0.25) is 0 Å². The first-order chi connectivity index (χ1) is 6.18. The molecule has 1 N–H and O–H groups in total. The molecule has 0 bridgehead atoms. The summed E-state index contributed by atoms with van der Waals surface area (Å²) < 4.78 is 0. The molecule has 0 aliphatic heterocycles. The second-order valence-corrected chi connectivity index (χ2v) is 4.51. The highest BCUT2D eigenvalue weighted by Crippen LogP contribution is 2.16. The fourth-order valence-electron chi connectivity index (χ4n) is 0.926. The van der Waals surface area contributed by atoms with Gasteiger partial charge in [-0.2, -0.15) is 0 Å². The van der Waals surface area contributed by atoms with Crippen molar-refractivity contribution in [1.82, 2.24) is 5.32 Å². The lowest BCUT2D eigenvalue weighted by molar-refractivity contribution is 0.654. The molecule has 1 nitrogen and oxygen atoms in total. The first-order valence-electron chi connectivity index (χ1n) is 4.61. The molecule has 0 heterocycles. The first kappa shape index (κ1) is 10.6. The Labute approximate surface area is 84.9 Å². The van der Waals surface area contributed by atoms with Crippen molar-refractivity contribution in [2.75, 3.05) is 5.88 Å². The maximum absolute atomic E-state index is 3.37. The Morgan fingerprint density at radius 2 is 1.85 bits per heavy atom. The quantitative estimate of drug-likeness (QED) is 0.585. The van der Waals surface area contributed by atoms with Crippen LogP contribution in [0.4, 0.5) is 0 Å². The maximum atomic E-state index is 3.37. The minimum atomic E-state index is 0.568. The van der Waals surface area contributed by atoms with Crippen molar-refractivity contribution in [3.05, 3.63) is 29.8 Å². The fraction of sp³-hybridized carbons (Fsp3) is 0.455. The number of nitrogens with one attached hydrogen (secondary N) is 1. The van der Waals surface area contributed by atoms with Crippen molar-refractivity contribution in [3.63, 3.8) is 0 Å². The highest BCUT2D eigenvalue weighted by Gasteiger charge is 1.94. The van der Waals surface area contributed by atoms with E-state index in [9.17, 15) is 0 Å². The lowest BCUT2D eigenvalue weighted by Crippen LogP contribution is -2.21. The van der Waals surface area contributed by atoms with Gasteiger partial charge in [-0.15, -0.1) is 11.8 Å². The first-order valence-corrected chi connectivity index (χ1v) is 5.60. The summed E-state index contributed by atoms with van der Waals surface area (Å²) in [4.78, 5) is 1.33. The number of hydrogen-bond acceptors (Lipinski definition) is 2. The summed E-state index contributed by atoms with van der Waals surface area (Å²) in [6.07, 6.45) is 0. The zero-order valence-corrected chi connectivity index (χ0v) is 9.32. The van der Waals surface area contributed by atoms with Crippen molar-refractivity contribution in [3.8, 4) is 0 Å². The van der Waals surface area contributed by atoms with Crippen molar-refractivity contribution in [2.45, 2.75) is 31.7 Å². The highest BCUT2D eigenvalue weighted by molar-refractivity contribution is 7.99. The van der Waals surface area contributed by atoms with E-state index in [0.717, 1.165) is 5.88 Å². The monoisotopic (exact) mass is 195 g/mol. The predicted octanol–water partition coefficient (Wildman–Crippen LogP) is 3.04. The standard InChI is InChI=1S/C11H17NS/c1-9(2)12-8-13-11-6-4-10(3)5-7-11/h4-7,9,12H,8H2,1-3H3. The van der Waals surface area contributed by atoms with Crippen LogP contribution in [0.1, 0.15) is 19.4 Å². The molecule has 0 atom stereocenters. The molecule has 0 saturated carbocycles. The molecule has 0 fully saturated rings. The van der Waals surface area contributed by atoms with Crippen molar-refractivity contribution in [2.24, 2.45) is 0 Å². The predicted molar refractivity (Wildman–Crippen MR) is 60.2 cm³/mol. The number of rotatable bonds is 4. The molecule has 0 spiro atoms. The van der Waals surface area contributed by atoms with E-state index in [-0.39, 0.29) is 0 Å². The summed E-state index contributed by atoms with van der Waals surface area (Å²) in [5.41, 5.74) is 1.32. The van der Waals surface area contributed by atoms with Gasteiger partial charge in [0.15, 0.2) is 0 Å². The summed E-state index contributed by atoms with van der Waals surface area (Å²) in [5.74, 6) is 0.987.